The van der Waals surface area contributed by atoms with E-state index in [-0.39, 0.29) is 34.1 Å². The van der Waals surface area contributed by atoms with Crippen molar-refractivity contribution in [2.45, 2.75) is 25.8 Å². The number of amides is 1. The third-order valence-corrected chi connectivity index (χ3v) is 2.69. The van der Waals surface area contributed by atoms with E-state index in [0.717, 1.165) is 12.1 Å². The molecule has 0 aliphatic heterocycles. The molecule has 1 amide bonds. The Morgan fingerprint density at radius 1 is 1.47 bits per heavy atom. The maximum absolute atomic E-state index is 12.9. The van der Waals surface area contributed by atoms with Crippen LogP contribution in [0.25, 0.3) is 0 Å². The molecule has 0 aliphatic carbocycles. The lowest BCUT2D eigenvalue weighted by molar-refractivity contribution is -0.116. The number of anilines is 1. The molecular formula is C11H13Cl2FN2O. The SMILES string of the molecule is CC(N)CCC(=O)Nc1c(Cl)cc(F)cc1Cl. The van der Waals surface area contributed by atoms with Crippen LogP contribution in [0.1, 0.15) is 19.8 Å². The zero-order valence-electron chi connectivity index (χ0n) is 9.27. The number of carbonyl (C=O) groups is 1. The van der Waals surface area contributed by atoms with Crippen molar-refractivity contribution in [3.05, 3.63) is 28.0 Å². The van der Waals surface area contributed by atoms with Crippen molar-refractivity contribution < 1.29 is 9.18 Å². The van der Waals surface area contributed by atoms with Gasteiger partial charge in [0.05, 0.1) is 15.7 Å². The maximum Gasteiger partial charge on any atom is 0.224 e. The van der Waals surface area contributed by atoms with E-state index in [9.17, 15) is 9.18 Å². The molecule has 0 saturated carbocycles. The zero-order valence-corrected chi connectivity index (χ0v) is 10.8. The number of benzene rings is 1. The summed E-state index contributed by atoms with van der Waals surface area (Å²) in [6.45, 7) is 1.81. The van der Waals surface area contributed by atoms with Gasteiger partial charge in [0.1, 0.15) is 5.82 Å². The van der Waals surface area contributed by atoms with E-state index in [1.807, 2.05) is 6.92 Å². The predicted octanol–water partition coefficient (Wildman–Crippen LogP) is 3.20. The average Bonchev–Trinajstić information content (AvgIpc) is 2.20. The molecule has 3 nitrogen and oxygen atoms in total. The Morgan fingerprint density at radius 3 is 2.47 bits per heavy atom. The lowest BCUT2D eigenvalue weighted by atomic mass is 10.2. The predicted molar refractivity (Wildman–Crippen MR) is 67.9 cm³/mol. The molecule has 0 saturated heterocycles. The molecule has 1 unspecified atom stereocenters. The summed E-state index contributed by atoms with van der Waals surface area (Å²) in [6, 6.07) is 2.13. The monoisotopic (exact) mass is 278 g/mol. The van der Waals surface area contributed by atoms with Crippen LogP contribution >= 0.6 is 23.2 Å². The molecule has 0 bridgehead atoms. The van der Waals surface area contributed by atoms with Crippen molar-refractivity contribution in [2.24, 2.45) is 5.73 Å². The molecule has 0 spiro atoms. The van der Waals surface area contributed by atoms with Gasteiger partial charge < -0.3 is 11.1 Å². The first-order valence-electron chi connectivity index (χ1n) is 5.10. The van der Waals surface area contributed by atoms with Crippen LogP contribution in [0.4, 0.5) is 10.1 Å². The molecule has 1 aromatic rings. The van der Waals surface area contributed by atoms with Crippen molar-refractivity contribution >= 4 is 34.8 Å². The van der Waals surface area contributed by atoms with Gasteiger partial charge in [0, 0.05) is 12.5 Å². The van der Waals surface area contributed by atoms with Crippen LogP contribution in [0.5, 0.6) is 0 Å². The summed E-state index contributed by atoms with van der Waals surface area (Å²) in [6.07, 6.45) is 0.823. The molecule has 1 aromatic carbocycles. The molecule has 0 aromatic heterocycles. The van der Waals surface area contributed by atoms with Gasteiger partial charge in [0.2, 0.25) is 5.91 Å². The van der Waals surface area contributed by atoms with Crippen LogP contribution < -0.4 is 11.1 Å². The number of hydrogen-bond acceptors (Lipinski definition) is 2. The fourth-order valence-electron chi connectivity index (χ4n) is 1.22. The summed E-state index contributed by atoms with van der Waals surface area (Å²) in [7, 11) is 0. The molecule has 94 valence electrons. The molecule has 1 rings (SSSR count). The first-order chi connectivity index (χ1) is 7.90. The highest BCUT2D eigenvalue weighted by Gasteiger charge is 2.12. The summed E-state index contributed by atoms with van der Waals surface area (Å²) < 4.78 is 12.9. The van der Waals surface area contributed by atoms with E-state index in [0.29, 0.717) is 6.42 Å². The normalized spacial score (nSPS) is 12.3. The van der Waals surface area contributed by atoms with Gasteiger partial charge >= 0.3 is 0 Å². The van der Waals surface area contributed by atoms with Gasteiger partial charge in [-0.1, -0.05) is 23.2 Å². The summed E-state index contributed by atoms with van der Waals surface area (Å²) in [4.78, 5) is 11.5. The Bertz CT molecular complexity index is 401. The van der Waals surface area contributed by atoms with Gasteiger partial charge in [-0.15, -0.1) is 0 Å². The molecule has 0 fully saturated rings. The fraction of sp³-hybridized carbons (Fsp3) is 0.364. The first kappa shape index (κ1) is 14.2. The molecule has 0 radical (unpaired) electrons. The van der Waals surface area contributed by atoms with Crippen LogP contribution in [-0.4, -0.2) is 11.9 Å². The third kappa shape index (κ3) is 4.50. The minimum absolute atomic E-state index is 0.0556. The molecule has 6 heteroatoms. The molecule has 1 atom stereocenters. The van der Waals surface area contributed by atoms with Crippen LogP contribution in [0, 0.1) is 5.82 Å². The minimum Gasteiger partial charge on any atom is -0.328 e. The summed E-state index contributed by atoms with van der Waals surface area (Å²) >= 11 is 11.6. The van der Waals surface area contributed by atoms with E-state index in [2.05, 4.69) is 5.32 Å². The largest absolute Gasteiger partial charge is 0.328 e. The number of halogens is 3. The summed E-state index contributed by atoms with van der Waals surface area (Å²) in [5.41, 5.74) is 5.76. The fourth-order valence-corrected chi connectivity index (χ4v) is 1.78. The highest BCUT2D eigenvalue weighted by atomic mass is 35.5. The number of rotatable bonds is 4. The topological polar surface area (TPSA) is 55.1 Å². The Balaban J connectivity index is 2.72. The number of hydrogen-bond donors (Lipinski definition) is 2. The van der Waals surface area contributed by atoms with E-state index in [1.165, 1.54) is 0 Å². The summed E-state index contributed by atoms with van der Waals surface area (Å²) in [5.74, 6) is -0.800. The smallest absolute Gasteiger partial charge is 0.224 e. The Hall–Kier alpha value is -0.840. The average molecular weight is 279 g/mol. The Labute approximate surface area is 109 Å². The number of nitrogens with two attached hydrogens (primary N) is 1. The number of nitrogens with one attached hydrogen (secondary N) is 1. The Kier molecular flexibility index (Phi) is 5.18. The van der Waals surface area contributed by atoms with Gasteiger partial charge in [0.25, 0.3) is 0 Å². The molecule has 0 heterocycles. The van der Waals surface area contributed by atoms with Gasteiger partial charge in [-0.3, -0.25) is 4.79 Å². The van der Waals surface area contributed by atoms with Gasteiger partial charge in [-0.05, 0) is 25.5 Å². The zero-order chi connectivity index (χ0) is 13.0. The van der Waals surface area contributed by atoms with Crippen LogP contribution in [-0.2, 0) is 4.79 Å². The van der Waals surface area contributed by atoms with Crippen molar-refractivity contribution in [2.75, 3.05) is 5.32 Å². The lowest BCUT2D eigenvalue weighted by Gasteiger charge is -2.10. The van der Waals surface area contributed by atoms with Gasteiger partial charge in [0.15, 0.2) is 0 Å². The van der Waals surface area contributed by atoms with Crippen LogP contribution in [0.2, 0.25) is 10.0 Å². The van der Waals surface area contributed by atoms with E-state index in [4.69, 9.17) is 28.9 Å². The maximum atomic E-state index is 12.9. The minimum atomic E-state index is -0.548. The highest BCUT2D eigenvalue weighted by molar-refractivity contribution is 6.39. The van der Waals surface area contributed by atoms with Crippen LogP contribution in [0.3, 0.4) is 0 Å². The van der Waals surface area contributed by atoms with Crippen molar-refractivity contribution in [1.29, 1.82) is 0 Å². The number of carbonyl (C=O) groups excluding carboxylic acids is 1. The Morgan fingerprint density at radius 2 is 2.00 bits per heavy atom. The second-order valence-electron chi connectivity index (χ2n) is 3.81. The van der Waals surface area contributed by atoms with Crippen molar-refractivity contribution in [3.63, 3.8) is 0 Å². The van der Waals surface area contributed by atoms with Gasteiger partial charge in [-0.2, -0.15) is 0 Å². The first-order valence-corrected chi connectivity index (χ1v) is 5.85. The third-order valence-electron chi connectivity index (χ3n) is 2.10. The second kappa shape index (κ2) is 6.19. The van der Waals surface area contributed by atoms with Crippen LogP contribution in [0.15, 0.2) is 12.1 Å². The van der Waals surface area contributed by atoms with Crippen molar-refractivity contribution in [3.8, 4) is 0 Å². The lowest BCUT2D eigenvalue weighted by Crippen LogP contribution is -2.19. The van der Waals surface area contributed by atoms with E-state index < -0.39 is 5.82 Å². The molecule has 3 N–H and O–H groups in total. The quantitative estimate of drug-likeness (QED) is 0.889. The summed E-state index contributed by atoms with van der Waals surface area (Å²) in [5, 5.41) is 2.68. The standard InChI is InChI=1S/C11H13Cl2FN2O/c1-6(15)2-3-10(17)16-11-8(12)4-7(14)5-9(11)13/h4-6H,2-3,15H2,1H3,(H,16,17). The molecular weight excluding hydrogens is 266 g/mol. The van der Waals surface area contributed by atoms with E-state index in [1.54, 1.807) is 0 Å². The molecule has 0 aliphatic rings. The van der Waals surface area contributed by atoms with Crippen molar-refractivity contribution in [1.82, 2.24) is 0 Å². The second-order valence-corrected chi connectivity index (χ2v) is 4.62. The highest BCUT2D eigenvalue weighted by Crippen LogP contribution is 2.31. The van der Waals surface area contributed by atoms with E-state index >= 15 is 0 Å². The van der Waals surface area contributed by atoms with Gasteiger partial charge in [-0.25, -0.2) is 4.39 Å². The molecule has 17 heavy (non-hydrogen) atoms.